The minimum atomic E-state index is -3.16. The monoisotopic (exact) mass is 336 g/mol. The molecule has 1 aromatic carbocycles. The largest absolute Gasteiger partial charge is 0.383 e. The van der Waals surface area contributed by atoms with Gasteiger partial charge in [0.05, 0.1) is 4.90 Å². The van der Waals surface area contributed by atoms with E-state index in [2.05, 4.69) is 10.5 Å². The minimum absolute atomic E-state index is 0.202. The number of benzene rings is 1. The van der Waals surface area contributed by atoms with E-state index in [1.54, 1.807) is 12.1 Å². The van der Waals surface area contributed by atoms with Gasteiger partial charge in [0.2, 0.25) is 0 Å². The first-order valence-corrected chi connectivity index (χ1v) is 9.52. The molecule has 0 bridgehead atoms. The van der Waals surface area contributed by atoms with E-state index >= 15 is 0 Å². The Morgan fingerprint density at radius 1 is 1.26 bits per heavy atom. The van der Waals surface area contributed by atoms with Crippen LogP contribution in [0.3, 0.4) is 0 Å². The average Bonchev–Trinajstić information content (AvgIpc) is 2.94. The van der Waals surface area contributed by atoms with Crippen molar-refractivity contribution >= 4 is 9.84 Å². The van der Waals surface area contributed by atoms with Crippen molar-refractivity contribution < 1.29 is 12.9 Å². The van der Waals surface area contributed by atoms with Crippen LogP contribution in [-0.4, -0.2) is 32.4 Å². The van der Waals surface area contributed by atoms with Crippen LogP contribution < -0.4 is 10.9 Å². The van der Waals surface area contributed by atoms with Gasteiger partial charge < -0.3 is 9.84 Å². The van der Waals surface area contributed by atoms with Gasteiger partial charge in [0.25, 0.3) is 5.56 Å². The van der Waals surface area contributed by atoms with Gasteiger partial charge in [-0.3, -0.25) is 4.79 Å². The van der Waals surface area contributed by atoms with Crippen LogP contribution in [0, 0.1) is 0 Å². The third-order valence-corrected chi connectivity index (χ3v) is 5.40. The van der Waals surface area contributed by atoms with Crippen LogP contribution in [0.4, 0.5) is 0 Å². The van der Waals surface area contributed by atoms with E-state index in [9.17, 15) is 13.2 Å². The van der Waals surface area contributed by atoms with Gasteiger partial charge in [-0.2, -0.15) is 5.16 Å². The van der Waals surface area contributed by atoms with Crippen molar-refractivity contribution in [2.24, 2.45) is 0 Å². The number of sulfone groups is 1. The van der Waals surface area contributed by atoms with Crippen LogP contribution in [0.25, 0.3) is 0 Å². The van der Waals surface area contributed by atoms with Crippen LogP contribution in [-0.2, 0) is 16.3 Å². The number of hydrogen-bond acceptors (Lipinski definition) is 5. The summed E-state index contributed by atoms with van der Waals surface area (Å²) in [5, 5.41) is 5.81. The van der Waals surface area contributed by atoms with E-state index in [1.165, 1.54) is 12.3 Å². The zero-order chi connectivity index (χ0) is 16.4. The van der Waals surface area contributed by atoms with Gasteiger partial charge in [-0.25, -0.2) is 8.42 Å². The number of hydrogen-bond donors (Lipinski definition) is 2. The summed E-state index contributed by atoms with van der Waals surface area (Å²) in [5.41, 5.74) is 0.887. The molecule has 1 aliphatic heterocycles. The summed E-state index contributed by atoms with van der Waals surface area (Å²) in [6.07, 6.45) is 3.84. The Kier molecular flexibility index (Phi) is 4.41. The zero-order valence-electron chi connectivity index (χ0n) is 12.9. The van der Waals surface area contributed by atoms with E-state index in [4.69, 9.17) is 4.52 Å². The first-order chi connectivity index (χ1) is 10.9. The summed E-state index contributed by atoms with van der Waals surface area (Å²) in [5.74, 6) is 0.949. The number of nitrogens with one attached hydrogen (secondary N) is 2. The molecule has 0 unspecified atom stereocenters. The van der Waals surface area contributed by atoms with E-state index in [0.717, 1.165) is 31.4 Å². The average molecular weight is 336 g/mol. The molecule has 7 heteroatoms. The summed E-state index contributed by atoms with van der Waals surface area (Å²) in [6, 6.07) is 8.81. The lowest BCUT2D eigenvalue weighted by atomic mass is 9.87. The van der Waals surface area contributed by atoms with Crippen molar-refractivity contribution in [2.75, 3.05) is 12.8 Å². The molecule has 1 fully saturated rings. The lowest BCUT2D eigenvalue weighted by Gasteiger charge is -2.29. The van der Waals surface area contributed by atoms with Gasteiger partial charge in [-0.1, -0.05) is 12.1 Å². The fraction of sp³-hybridized carbons (Fsp3) is 0.438. The van der Waals surface area contributed by atoms with Crippen molar-refractivity contribution in [1.82, 2.24) is 10.5 Å². The molecule has 124 valence electrons. The van der Waals surface area contributed by atoms with E-state index < -0.39 is 9.84 Å². The Morgan fingerprint density at radius 2 is 2.00 bits per heavy atom. The summed E-state index contributed by atoms with van der Waals surface area (Å²) < 4.78 is 28.2. The SMILES string of the molecule is CS(=O)(=O)c1ccc(C[C@H]2C[C@H](c3cc(=O)[nH]o3)CCN2)cc1. The van der Waals surface area contributed by atoms with Crippen LogP contribution in [0.5, 0.6) is 0 Å². The highest BCUT2D eigenvalue weighted by molar-refractivity contribution is 7.90. The molecule has 1 aliphatic rings. The second kappa shape index (κ2) is 6.33. The van der Waals surface area contributed by atoms with Crippen LogP contribution in [0.2, 0.25) is 0 Å². The molecule has 2 aromatic rings. The van der Waals surface area contributed by atoms with Gasteiger partial charge in [0.15, 0.2) is 9.84 Å². The molecule has 0 saturated carbocycles. The summed E-state index contributed by atoms with van der Waals surface area (Å²) in [4.78, 5) is 11.5. The first-order valence-electron chi connectivity index (χ1n) is 7.62. The number of rotatable bonds is 4. The molecule has 3 rings (SSSR count). The number of aromatic amines is 1. The smallest absolute Gasteiger partial charge is 0.280 e. The molecule has 2 heterocycles. The minimum Gasteiger partial charge on any atom is -0.383 e. The molecule has 2 atom stereocenters. The van der Waals surface area contributed by atoms with Crippen LogP contribution >= 0.6 is 0 Å². The van der Waals surface area contributed by atoms with Gasteiger partial charge in [0.1, 0.15) is 5.76 Å². The third-order valence-electron chi connectivity index (χ3n) is 4.27. The third kappa shape index (κ3) is 3.92. The van der Waals surface area contributed by atoms with E-state index in [-0.39, 0.29) is 17.5 Å². The second-order valence-corrected chi connectivity index (χ2v) is 8.12. The molecule has 2 N–H and O–H groups in total. The Hall–Kier alpha value is -1.86. The van der Waals surface area contributed by atoms with Crippen molar-refractivity contribution in [3.63, 3.8) is 0 Å². The van der Waals surface area contributed by atoms with Crippen molar-refractivity contribution in [2.45, 2.75) is 36.1 Å². The maximum atomic E-state index is 11.5. The number of piperidine rings is 1. The van der Waals surface area contributed by atoms with Crippen molar-refractivity contribution in [3.8, 4) is 0 Å². The van der Waals surface area contributed by atoms with Crippen LogP contribution in [0.1, 0.15) is 30.1 Å². The molecule has 6 nitrogen and oxygen atoms in total. The predicted octanol–water partition coefficient (Wildman–Crippen LogP) is 1.45. The summed E-state index contributed by atoms with van der Waals surface area (Å²) in [6.45, 7) is 0.867. The lowest BCUT2D eigenvalue weighted by Crippen LogP contribution is -2.38. The molecule has 0 aliphatic carbocycles. The maximum absolute atomic E-state index is 11.5. The molecule has 0 radical (unpaired) electrons. The summed E-state index contributed by atoms with van der Waals surface area (Å²) >= 11 is 0. The Morgan fingerprint density at radius 3 is 2.61 bits per heavy atom. The van der Waals surface area contributed by atoms with Crippen LogP contribution in [0.15, 0.2) is 44.5 Å². The quantitative estimate of drug-likeness (QED) is 0.881. The maximum Gasteiger partial charge on any atom is 0.280 e. The molecule has 1 saturated heterocycles. The molecular weight excluding hydrogens is 316 g/mol. The van der Waals surface area contributed by atoms with Crippen molar-refractivity contribution in [3.05, 3.63) is 52.0 Å². The lowest BCUT2D eigenvalue weighted by molar-refractivity contribution is 0.292. The van der Waals surface area contributed by atoms with Gasteiger partial charge in [0, 0.05) is 24.3 Å². The fourth-order valence-corrected chi connectivity index (χ4v) is 3.71. The highest BCUT2D eigenvalue weighted by atomic mass is 32.2. The fourth-order valence-electron chi connectivity index (χ4n) is 3.08. The number of aromatic nitrogens is 1. The molecule has 23 heavy (non-hydrogen) atoms. The normalized spacial score (nSPS) is 22.1. The second-order valence-electron chi connectivity index (χ2n) is 6.11. The topological polar surface area (TPSA) is 92.2 Å². The van der Waals surface area contributed by atoms with Crippen molar-refractivity contribution in [1.29, 1.82) is 0 Å². The van der Waals surface area contributed by atoms with E-state index in [0.29, 0.717) is 10.7 Å². The molecule has 0 spiro atoms. The number of H-pyrrole nitrogens is 1. The Bertz CT molecular complexity index is 820. The van der Waals surface area contributed by atoms with Gasteiger partial charge in [-0.05, 0) is 43.5 Å². The zero-order valence-corrected chi connectivity index (χ0v) is 13.7. The standard InChI is InChI=1S/C16H20N2O4S/c1-23(20,21)14-4-2-11(3-5-14)8-13-9-12(6-7-17-13)15-10-16(19)18-22-15/h2-5,10,12-13,17H,6-9H2,1H3,(H,18,19)/t12-,13+/m1/s1. The van der Waals surface area contributed by atoms with Gasteiger partial charge in [-0.15, -0.1) is 0 Å². The molecule has 1 aromatic heterocycles. The van der Waals surface area contributed by atoms with Gasteiger partial charge >= 0.3 is 0 Å². The van der Waals surface area contributed by atoms with E-state index in [1.807, 2.05) is 12.1 Å². The summed E-state index contributed by atoms with van der Waals surface area (Å²) in [7, 11) is -3.16. The predicted molar refractivity (Wildman–Crippen MR) is 86.4 cm³/mol. The first kappa shape index (κ1) is 16.0. The Labute approximate surface area is 134 Å². The molecular formula is C16H20N2O4S. The Balaban J connectivity index is 1.67. The highest BCUT2D eigenvalue weighted by Gasteiger charge is 2.25. The molecule has 0 amide bonds. The highest BCUT2D eigenvalue weighted by Crippen LogP contribution is 2.28.